The van der Waals surface area contributed by atoms with Crippen molar-refractivity contribution in [3.63, 3.8) is 0 Å². The minimum absolute atomic E-state index is 0.232. The van der Waals surface area contributed by atoms with E-state index in [2.05, 4.69) is 122 Å². The van der Waals surface area contributed by atoms with Crippen LogP contribution >= 0.6 is 0 Å². The first-order chi connectivity index (χ1) is 51.8. The number of alkyl halides is 6. The second-order valence-corrected chi connectivity index (χ2v) is 29.0. The molecule has 0 atom stereocenters. The number of aryl methyl sites for hydroxylation is 3. The fraction of sp³-hybridized carbons (Fsp3) is 0.371. The lowest BCUT2D eigenvalue weighted by molar-refractivity contribution is -0.0441. The van der Waals surface area contributed by atoms with E-state index < -0.39 is 52.1 Å². The summed E-state index contributed by atoms with van der Waals surface area (Å²) in [6.45, 7) is 7.11. The minimum Gasteiger partial charge on any atom is -0.384 e. The van der Waals surface area contributed by atoms with Crippen molar-refractivity contribution >= 4 is 107 Å². The molecule has 0 saturated carbocycles. The number of benzene rings is 3. The fourth-order valence-electron chi connectivity index (χ4n) is 13.0. The van der Waals surface area contributed by atoms with Gasteiger partial charge in [0.05, 0.1) is 0 Å². The van der Waals surface area contributed by atoms with Gasteiger partial charge in [-0.2, -0.15) is 36.9 Å². The Morgan fingerprint density at radius 2 is 0.667 bits per heavy atom. The normalized spacial score (nSPS) is 15.6. The molecule has 3 fully saturated rings. The zero-order valence-corrected chi connectivity index (χ0v) is 60.3. The lowest BCUT2D eigenvalue weighted by atomic mass is 10.0. The van der Waals surface area contributed by atoms with Crippen LogP contribution in [0.25, 0.3) is 0 Å². The van der Waals surface area contributed by atoms with Crippen LogP contribution in [0.4, 0.5) is 113 Å². The zero-order valence-electron chi connectivity index (χ0n) is 58.6. The SMILES string of the molecule is N#Cc1c(N)ncnc1N1CCCCC1.N#Cc1c(N)ncnc1N1CCCc2ccccc21.Nc1cc(N2CCCCC2)ncn1.Nc1cc(N2CCCc3ccccc32)ncn1.Nc1ncnc(N2CCCCC2)c1S(=O)(=O)C(F)(F)F.Nc1ncnc(N2CCCc3ccccc32)c1S(=O)(=O)C(F)(F)F. The smallest absolute Gasteiger partial charge is 0.384 e. The van der Waals surface area contributed by atoms with E-state index in [0.29, 0.717) is 66.1 Å². The predicted octanol–water partition coefficient (Wildman–Crippen LogP) is 9.91. The highest BCUT2D eigenvalue weighted by molar-refractivity contribution is 7.93. The molecule has 6 aliphatic heterocycles. The molecule has 30 nitrogen and oxygen atoms in total. The number of hydrogen-bond donors (Lipinski definition) is 6. The number of sulfone groups is 2. The maximum absolute atomic E-state index is 13.0. The molecule has 3 aromatic carbocycles. The van der Waals surface area contributed by atoms with Crippen LogP contribution in [0.1, 0.15) is 105 Å². The Hall–Kier alpha value is -11.8. The van der Waals surface area contributed by atoms with Crippen molar-refractivity contribution in [1.82, 2.24) is 59.8 Å². The molecule has 0 bridgehead atoms. The van der Waals surface area contributed by atoms with Gasteiger partial charge in [0.25, 0.3) is 19.7 Å². The molecule has 38 heteroatoms. The molecule has 568 valence electrons. The molecule has 6 aromatic heterocycles. The average molecular weight is 1530 g/mol. The number of nitrogen functional groups attached to an aromatic ring is 6. The summed E-state index contributed by atoms with van der Waals surface area (Å²) in [4.78, 5) is 56.1. The van der Waals surface area contributed by atoms with Crippen LogP contribution in [0.15, 0.2) is 133 Å². The van der Waals surface area contributed by atoms with Gasteiger partial charge in [-0.3, -0.25) is 0 Å². The van der Waals surface area contributed by atoms with Crippen LogP contribution in [0.2, 0.25) is 0 Å². The number of nitrogens with zero attached hydrogens (tertiary/aromatic N) is 20. The summed E-state index contributed by atoms with van der Waals surface area (Å²) in [6.07, 6.45) is 23.4. The Morgan fingerprint density at radius 1 is 0.343 bits per heavy atom. The molecule has 12 heterocycles. The van der Waals surface area contributed by atoms with E-state index in [4.69, 9.17) is 39.7 Å². The topological polar surface area (TPSA) is 446 Å². The third-order valence-corrected chi connectivity index (χ3v) is 21.2. The van der Waals surface area contributed by atoms with Crippen molar-refractivity contribution < 1.29 is 43.2 Å². The Kier molecular flexibility index (Phi) is 25.9. The molecule has 0 spiro atoms. The standard InChI is InChI=1S/C14H13F3N4O2S.C14H13N5.C13H14N4.C10H13F3N4O2S.C10H13N5.C9H14N4/c15-14(16,17)24(22,23)11-12(18)19-8-20-13(11)21-7-3-5-9-4-1-2-6-10(9)21;15-8-11-13(16)17-9-18-14(11)19-7-3-5-10-4-1-2-6-12(10)19;14-12-8-13(16-9-15-12)17-7-3-5-10-4-1-2-6-11(10)17;11-10(12,13)20(18,19)7-8(14)15-6-16-9(7)17-4-2-1-3-5-17;11-6-8-9(12)13-7-14-10(8)15-4-2-1-3-5-15;10-8-6-9(12-7-11-8)13-4-2-1-3-5-13/h1-2,4,6,8H,3,5,7H2,(H2,18,19,20);1-2,4,6,9H,3,5,7H2,(H2,16,17,18);1-2,4,6,8-9H,3,5,7H2,(H2,14,15,16);6H,1-5H2,(H2,14,15,16);7H,1-5H2,(H2,12,13,14);6-7H,1-5H2,(H2,10,11,12). The minimum atomic E-state index is -5.68. The lowest BCUT2D eigenvalue weighted by Gasteiger charge is -2.31. The first-order valence-corrected chi connectivity index (χ1v) is 37.6. The van der Waals surface area contributed by atoms with Gasteiger partial charge in [-0.1, -0.05) is 54.6 Å². The molecule has 3 saturated heterocycles. The molecule has 12 N–H and O–H groups in total. The van der Waals surface area contributed by atoms with E-state index in [0.717, 1.165) is 139 Å². The van der Waals surface area contributed by atoms with Gasteiger partial charge < -0.3 is 63.8 Å². The number of nitriles is 2. The van der Waals surface area contributed by atoms with E-state index in [1.165, 1.54) is 77.6 Å². The van der Waals surface area contributed by atoms with Crippen molar-refractivity contribution in [2.75, 3.05) is 123 Å². The summed E-state index contributed by atoms with van der Waals surface area (Å²) in [7, 11) is -11.3. The molecule has 0 aliphatic carbocycles. The molecular weight excluding hydrogens is 1450 g/mol. The molecule has 9 aromatic rings. The summed E-state index contributed by atoms with van der Waals surface area (Å²) in [5, 5.41) is 18.2. The van der Waals surface area contributed by atoms with Crippen LogP contribution in [0.5, 0.6) is 0 Å². The summed E-state index contributed by atoms with van der Waals surface area (Å²) >= 11 is 0. The lowest BCUT2D eigenvalue weighted by Crippen LogP contribution is -2.34. The van der Waals surface area contributed by atoms with E-state index in [-0.39, 0.29) is 23.3 Å². The predicted molar refractivity (Wildman–Crippen MR) is 398 cm³/mol. The van der Waals surface area contributed by atoms with Crippen molar-refractivity contribution in [1.29, 1.82) is 10.5 Å². The van der Waals surface area contributed by atoms with Crippen molar-refractivity contribution in [3.8, 4) is 12.1 Å². The molecule has 0 amide bonds. The average Bonchev–Trinajstić information content (AvgIpc) is 0.763. The highest BCUT2D eigenvalue weighted by atomic mass is 32.2. The van der Waals surface area contributed by atoms with Crippen molar-refractivity contribution in [3.05, 3.63) is 151 Å². The third-order valence-electron chi connectivity index (χ3n) is 18.2. The molecule has 6 aliphatic rings. The number of aromatic nitrogens is 12. The number of hydrogen-bond acceptors (Lipinski definition) is 30. The highest BCUT2D eigenvalue weighted by Crippen LogP contribution is 2.43. The first-order valence-electron chi connectivity index (χ1n) is 34.6. The molecule has 15 rings (SSSR count). The largest absolute Gasteiger partial charge is 0.502 e. The molecule has 0 radical (unpaired) electrons. The Bertz CT molecular complexity index is 4900. The van der Waals surface area contributed by atoms with Gasteiger partial charge in [-0.15, -0.1) is 0 Å². The van der Waals surface area contributed by atoms with E-state index in [9.17, 15) is 48.4 Å². The quantitative estimate of drug-likeness (QED) is 0.0770. The number of anilines is 15. The molecule has 0 unspecified atom stereocenters. The van der Waals surface area contributed by atoms with Crippen molar-refractivity contribution in [2.45, 2.75) is 117 Å². The number of halogens is 6. The molecule has 108 heavy (non-hydrogen) atoms. The van der Waals surface area contributed by atoms with Crippen molar-refractivity contribution in [2.24, 2.45) is 0 Å². The summed E-state index contributed by atoms with van der Waals surface area (Å²) < 4.78 is 124. The Balaban J connectivity index is 0.000000140. The number of nitrogens with two attached hydrogens (primary N) is 6. The van der Waals surface area contributed by atoms with Crippen LogP contribution < -0.4 is 63.8 Å². The number of rotatable bonds is 8. The summed E-state index contributed by atoms with van der Waals surface area (Å²) in [5.41, 5.74) is 29.8. The maximum Gasteiger partial charge on any atom is 0.502 e. The van der Waals surface area contributed by atoms with E-state index in [1.807, 2.05) is 42.5 Å². The van der Waals surface area contributed by atoms with Gasteiger partial charge in [0, 0.05) is 88.1 Å². The first kappa shape index (κ1) is 78.8. The summed E-state index contributed by atoms with van der Waals surface area (Å²) in [6, 6.07) is 31.5. The summed E-state index contributed by atoms with van der Waals surface area (Å²) in [5.74, 6) is 2.67. The van der Waals surface area contributed by atoms with Crippen LogP contribution in [-0.4, -0.2) is 147 Å². The zero-order chi connectivity index (χ0) is 77.2. The van der Waals surface area contributed by atoms with Crippen LogP contribution in [-0.2, 0) is 38.9 Å². The fourth-order valence-corrected chi connectivity index (χ4v) is 15.0. The van der Waals surface area contributed by atoms with E-state index >= 15 is 0 Å². The van der Waals surface area contributed by atoms with Gasteiger partial charge in [-0.05, 0) is 131 Å². The van der Waals surface area contributed by atoms with Gasteiger partial charge in [0.1, 0.15) is 108 Å². The maximum atomic E-state index is 13.0. The monoisotopic (exact) mass is 1530 g/mol. The van der Waals surface area contributed by atoms with Gasteiger partial charge in [0.2, 0.25) is 0 Å². The van der Waals surface area contributed by atoms with Crippen LogP contribution in [0, 0.1) is 22.7 Å². The number of piperidine rings is 3. The van der Waals surface area contributed by atoms with Gasteiger partial charge in [0.15, 0.2) is 33.1 Å². The number of para-hydroxylation sites is 3. The number of fused-ring (bicyclic) bond motifs is 3. The molecular formula is C70H80F6N26O4S2. The Morgan fingerprint density at radius 3 is 1.10 bits per heavy atom. The third kappa shape index (κ3) is 18.7. The Labute approximate surface area is 619 Å². The van der Waals surface area contributed by atoms with Gasteiger partial charge >= 0.3 is 11.0 Å². The highest BCUT2D eigenvalue weighted by Gasteiger charge is 2.52. The van der Waals surface area contributed by atoms with Gasteiger partial charge in [-0.25, -0.2) is 76.6 Å². The second-order valence-electron chi connectivity index (χ2n) is 25.3. The van der Waals surface area contributed by atoms with Crippen LogP contribution in [0.3, 0.4) is 0 Å². The second kappa shape index (κ2) is 35.5. The van der Waals surface area contributed by atoms with E-state index in [1.54, 1.807) is 12.1 Å².